The van der Waals surface area contributed by atoms with Crippen LogP contribution in [0.2, 0.25) is 0 Å². The second kappa shape index (κ2) is 7.13. The molecule has 0 spiro atoms. The van der Waals surface area contributed by atoms with Crippen molar-refractivity contribution in [2.45, 2.75) is 31.7 Å². The smallest absolute Gasteiger partial charge is 0.223 e. The molecule has 0 aromatic carbocycles. The van der Waals surface area contributed by atoms with E-state index in [0.717, 1.165) is 31.6 Å². The average molecular weight is 329 g/mol. The zero-order valence-electron chi connectivity index (χ0n) is 13.7. The lowest BCUT2D eigenvalue weighted by Gasteiger charge is -2.26. The molecule has 122 valence electrons. The van der Waals surface area contributed by atoms with Crippen molar-refractivity contribution >= 4 is 23.1 Å². The van der Waals surface area contributed by atoms with Gasteiger partial charge in [0.05, 0.1) is 6.04 Å². The molecule has 0 N–H and O–H groups in total. The summed E-state index contributed by atoms with van der Waals surface area (Å²) in [5.41, 5.74) is 1.20. The van der Waals surface area contributed by atoms with Gasteiger partial charge in [-0.1, -0.05) is 6.07 Å². The second-order valence-corrected chi connectivity index (χ2v) is 7.20. The number of carbonyl (C=O) groups excluding carboxylic acids is 1. The quantitative estimate of drug-likeness (QED) is 0.842. The van der Waals surface area contributed by atoms with Crippen molar-refractivity contribution in [2.24, 2.45) is 0 Å². The molecule has 0 aliphatic carbocycles. The van der Waals surface area contributed by atoms with Gasteiger partial charge < -0.3 is 9.80 Å². The Labute approximate surface area is 141 Å². The van der Waals surface area contributed by atoms with Crippen LogP contribution in [-0.4, -0.2) is 36.4 Å². The average Bonchev–Trinajstić information content (AvgIpc) is 3.24. The number of thiophene rings is 1. The highest BCUT2D eigenvalue weighted by atomic mass is 32.1. The molecule has 1 saturated heterocycles. The molecule has 1 aliphatic rings. The fourth-order valence-corrected chi connectivity index (χ4v) is 3.84. The molecule has 2 aromatic rings. The summed E-state index contributed by atoms with van der Waals surface area (Å²) in [5, 5.41) is 2.07. The number of hydrogen-bond acceptors (Lipinski definition) is 4. The van der Waals surface area contributed by atoms with E-state index in [4.69, 9.17) is 0 Å². The molecule has 2 aromatic heterocycles. The molecular weight excluding hydrogens is 306 g/mol. The highest BCUT2D eigenvalue weighted by molar-refractivity contribution is 7.09. The normalized spacial score (nSPS) is 17.5. The zero-order chi connectivity index (χ0) is 16.2. The van der Waals surface area contributed by atoms with Crippen LogP contribution in [0.1, 0.15) is 35.7 Å². The third kappa shape index (κ3) is 3.72. The maximum absolute atomic E-state index is 12.6. The van der Waals surface area contributed by atoms with Gasteiger partial charge in [-0.3, -0.25) is 4.79 Å². The minimum absolute atomic E-state index is 0.201. The molecule has 1 amide bonds. The summed E-state index contributed by atoms with van der Waals surface area (Å²) >= 11 is 1.73. The summed E-state index contributed by atoms with van der Waals surface area (Å²) in [6, 6.07) is 8.50. The Kier molecular flexibility index (Phi) is 4.96. The monoisotopic (exact) mass is 329 g/mol. The van der Waals surface area contributed by atoms with Crippen LogP contribution in [-0.2, 0) is 11.2 Å². The van der Waals surface area contributed by atoms with Crippen LogP contribution in [0.5, 0.6) is 0 Å². The zero-order valence-corrected chi connectivity index (χ0v) is 14.6. The number of nitrogens with zero attached hydrogens (tertiary/aromatic N) is 3. The Morgan fingerprint density at radius 1 is 1.43 bits per heavy atom. The lowest BCUT2D eigenvalue weighted by Crippen LogP contribution is -2.30. The Balaban J connectivity index is 1.69. The minimum Gasteiger partial charge on any atom is -0.363 e. The van der Waals surface area contributed by atoms with Crippen LogP contribution < -0.4 is 4.90 Å². The van der Waals surface area contributed by atoms with Crippen LogP contribution in [0.4, 0.5) is 5.82 Å². The van der Waals surface area contributed by atoms with Crippen molar-refractivity contribution in [3.8, 4) is 0 Å². The van der Waals surface area contributed by atoms with Crippen LogP contribution in [0.15, 0.2) is 35.8 Å². The van der Waals surface area contributed by atoms with E-state index in [1.807, 2.05) is 37.3 Å². The number of aromatic nitrogens is 1. The highest BCUT2D eigenvalue weighted by Gasteiger charge is 2.29. The standard InChI is InChI=1S/C18H23N3OS/c1-20(2)17-13-14(9-10-19-17)16-6-3-11-21(16)18(22)8-7-15-5-4-12-23-15/h4-5,9-10,12-13,16H,3,6-8,11H2,1-2H3. The van der Waals surface area contributed by atoms with Gasteiger partial charge in [0.15, 0.2) is 0 Å². The molecule has 0 bridgehead atoms. The van der Waals surface area contributed by atoms with Crippen LogP contribution in [0.25, 0.3) is 0 Å². The molecule has 1 aliphatic heterocycles. The maximum Gasteiger partial charge on any atom is 0.223 e. The third-order valence-electron chi connectivity index (χ3n) is 4.35. The summed E-state index contributed by atoms with van der Waals surface area (Å²) in [6.07, 6.45) is 5.41. The van der Waals surface area contributed by atoms with Crippen LogP contribution >= 0.6 is 11.3 Å². The summed E-state index contributed by atoms with van der Waals surface area (Å²) in [5.74, 6) is 1.21. The summed E-state index contributed by atoms with van der Waals surface area (Å²) in [7, 11) is 3.98. The van der Waals surface area contributed by atoms with E-state index in [1.165, 1.54) is 10.4 Å². The Hall–Kier alpha value is -1.88. The number of rotatable bonds is 5. The fourth-order valence-electron chi connectivity index (χ4n) is 3.13. The molecular formula is C18H23N3OS. The van der Waals surface area contributed by atoms with E-state index in [2.05, 4.69) is 27.4 Å². The second-order valence-electron chi connectivity index (χ2n) is 6.17. The minimum atomic E-state index is 0.201. The van der Waals surface area contributed by atoms with Crippen LogP contribution in [0.3, 0.4) is 0 Å². The van der Waals surface area contributed by atoms with Crippen molar-refractivity contribution in [3.63, 3.8) is 0 Å². The van der Waals surface area contributed by atoms with E-state index in [9.17, 15) is 4.79 Å². The third-order valence-corrected chi connectivity index (χ3v) is 5.29. The maximum atomic E-state index is 12.6. The van der Waals surface area contributed by atoms with E-state index in [1.54, 1.807) is 11.3 Å². The molecule has 3 rings (SSSR count). The van der Waals surface area contributed by atoms with Gasteiger partial charge in [0, 0.05) is 38.1 Å². The lowest BCUT2D eigenvalue weighted by atomic mass is 10.1. The van der Waals surface area contributed by atoms with E-state index in [-0.39, 0.29) is 11.9 Å². The largest absolute Gasteiger partial charge is 0.363 e. The Morgan fingerprint density at radius 2 is 2.30 bits per heavy atom. The van der Waals surface area contributed by atoms with Gasteiger partial charge in [-0.05, 0) is 48.4 Å². The van der Waals surface area contributed by atoms with Gasteiger partial charge in [0.2, 0.25) is 5.91 Å². The van der Waals surface area contributed by atoms with Gasteiger partial charge >= 0.3 is 0 Å². The molecule has 1 atom stereocenters. The van der Waals surface area contributed by atoms with Crippen molar-refractivity contribution in [1.82, 2.24) is 9.88 Å². The highest BCUT2D eigenvalue weighted by Crippen LogP contribution is 2.33. The number of likely N-dealkylation sites (tertiary alicyclic amines) is 1. The molecule has 3 heterocycles. The van der Waals surface area contributed by atoms with Crippen molar-refractivity contribution in [3.05, 3.63) is 46.3 Å². The number of pyridine rings is 1. The van der Waals surface area contributed by atoms with E-state index in [0.29, 0.717) is 6.42 Å². The fraction of sp³-hybridized carbons (Fsp3) is 0.444. The SMILES string of the molecule is CN(C)c1cc(C2CCCN2C(=O)CCc2cccs2)ccn1. The summed E-state index contributed by atoms with van der Waals surface area (Å²) in [4.78, 5) is 22.4. The molecule has 1 fully saturated rings. The number of anilines is 1. The van der Waals surface area contributed by atoms with Crippen molar-refractivity contribution < 1.29 is 4.79 Å². The number of carbonyl (C=O) groups is 1. The number of amides is 1. The molecule has 23 heavy (non-hydrogen) atoms. The van der Waals surface area contributed by atoms with Gasteiger partial charge in [-0.25, -0.2) is 4.98 Å². The van der Waals surface area contributed by atoms with E-state index < -0.39 is 0 Å². The lowest BCUT2D eigenvalue weighted by molar-refractivity contribution is -0.132. The summed E-state index contributed by atoms with van der Waals surface area (Å²) in [6.45, 7) is 0.869. The van der Waals surface area contributed by atoms with Gasteiger partial charge in [-0.2, -0.15) is 0 Å². The summed E-state index contributed by atoms with van der Waals surface area (Å²) < 4.78 is 0. The first-order valence-electron chi connectivity index (χ1n) is 8.10. The van der Waals surface area contributed by atoms with Crippen molar-refractivity contribution in [2.75, 3.05) is 25.5 Å². The van der Waals surface area contributed by atoms with Gasteiger partial charge in [-0.15, -0.1) is 11.3 Å². The predicted octanol–water partition coefficient (Wildman–Crippen LogP) is 3.51. The molecule has 1 unspecified atom stereocenters. The predicted molar refractivity (Wildman–Crippen MR) is 94.9 cm³/mol. The number of hydrogen-bond donors (Lipinski definition) is 0. The van der Waals surface area contributed by atoms with Crippen LogP contribution in [0, 0.1) is 0 Å². The molecule has 5 heteroatoms. The first-order valence-corrected chi connectivity index (χ1v) is 8.98. The molecule has 4 nitrogen and oxygen atoms in total. The first kappa shape index (κ1) is 16.0. The number of aryl methyl sites for hydroxylation is 1. The molecule has 0 radical (unpaired) electrons. The van der Waals surface area contributed by atoms with E-state index >= 15 is 0 Å². The first-order chi connectivity index (χ1) is 11.1. The van der Waals surface area contributed by atoms with Gasteiger partial charge in [0.25, 0.3) is 0 Å². The topological polar surface area (TPSA) is 36.4 Å². The van der Waals surface area contributed by atoms with Crippen molar-refractivity contribution in [1.29, 1.82) is 0 Å². The molecule has 0 saturated carbocycles. The van der Waals surface area contributed by atoms with Gasteiger partial charge in [0.1, 0.15) is 5.82 Å². The Bertz CT molecular complexity index is 654. The Morgan fingerprint density at radius 3 is 3.04 bits per heavy atom.